The van der Waals surface area contributed by atoms with Crippen LogP contribution in [0, 0.1) is 5.41 Å². The summed E-state index contributed by atoms with van der Waals surface area (Å²) >= 11 is 0. The number of benzene rings is 3. The van der Waals surface area contributed by atoms with Gasteiger partial charge in [-0.25, -0.2) is 4.98 Å². The number of aromatic nitrogens is 2. The lowest BCUT2D eigenvalue weighted by Crippen LogP contribution is -2.54. The van der Waals surface area contributed by atoms with Gasteiger partial charge in [0.25, 0.3) is 5.91 Å². The van der Waals surface area contributed by atoms with Crippen molar-refractivity contribution in [1.29, 1.82) is 5.41 Å². The molecular weight excluding hydrogens is 570 g/mol. The first-order valence-electron chi connectivity index (χ1n) is 14.8. The minimum Gasteiger partial charge on any atom is -0.465 e. The highest BCUT2D eigenvalue weighted by molar-refractivity contribution is 6.11. The number of esters is 1. The number of carbonyl (C=O) groups excluding carboxylic acids is 3. The zero-order valence-corrected chi connectivity index (χ0v) is 25.5. The molecule has 2 heterocycles. The van der Waals surface area contributed by atoms with Gasteiger partial charge in [0.05, 0.1) is 36.8 Å². The second-order valence-electron chi connectivity index (χ2n) is 10.9. The lowest BCUT2D eigenvalue weighted by molar-refractivity contribution is -0.142. The third kappa shape index (κ3) is 7.00. The Morgan fingerprint density at radius 3 is 2.51 bits per heavy atom. The molecular formula is C34H37N7O4. The van der Waals surface area contributed by atoms with Crippen molar-refractivity contribution in [2.24, 2.45) is 7.05 Å². The Morgan fingerprint density at radius 2 is 1.82 bits per heavy atom. The molecule has 0 saturated heterocycles. The summed E-state index contributed by atoms with van der Waals surface area (Å²) in [5.74, 6) is -0.0701. The second kappa shape index (κ2) is 13.7. The number of amides is 1. The number of hydrogen-bond acceptors (Lipinski definition) is 9. The molecule has 1 amide bonds. The van der Waals surface area contributed by atoms with Crippen molar-refractivity contribution in [2.45, 2.75) is 32.0 Å². The molecule has 0 bridgehead atoms. The van der Waals surface area contributed by atoms with Crippen molar-refractivity contribution in [3.05, 3.63) is 107 Å². The molecule has 5 N–H and O–H groups in total. The number of Topliss-reactive ketones (excluding diaryl/α,β-unsaturated/α-hetero) is 1. The molecule has 0 aliphatic carbocycles. The molecule has 11 heteroatoms. The normalized spacial score (nSPS) is 15.4. The molecule has 5 rings (SSSR count). The first-order chi connectivity index (χ1) is 21.7. The van der Waals surface area contributed by atoms with Gasteiger partial charge in [-0.2, -0.15) is 0 Å². The van der Waals surface area contributed by atoms with E-state index in [9.17, 15) is 14.4 Å². The van der Waals surface area contributed by atoms with Crippen LogP contribution in [0.3, 0.4) is 0 Å². The maximum atomic E-state index is 13.7. The Labute approximate surface area is 261 Å². The van der Waals surface area contributed by atoms with Crippen molar-refractivity contribution < 1.29 is 19.1 Å². The van der Waals surface area contributed by atoms with Gasteiger partial charge in [-0.15, -0.1) is 0 Å². The van der Waals surface area contributed by atoms with Crippen LogP contribution in [0.4, 0.5) is 5.69 Å². The first-order valence-corrected chi connectivity index (χ1v) is 14.8. The van der Waals surface area contributed by atoms with Gasteiger partial charge in [-0.3, -0.25) is 25.1 Å². The Kier molecular flexibility index (Phi) is 9.50. The number of nitrogens with one attached hydrogen (secondary N) is 5. The summed E-state index contributed by atoms with van der Waals surface area (Å²) in [4.78, 5) is 43.1. The molecule has 2 atom stereocenters. The van der Waals surface area contributed by atoms with Gasteiger partial charge in [0, 0.05) is 30.4 Å². The van der Waals surface area contributed by atoms with Gasteiger partial charge in [0.1, 0.15) is 17.2 Å². The van der Waals surface area contributed by atoms with Crippen LogP contribution in [0.15, 0.2) is 84.9 Å². The zero-order valence-electron chi connectivity index (χ0n) is 25.5. The predicted octanol–water partition coefficient (Wildman–Crippen LogP) is 3.41. The van der Waals surface area contributed by atoms with E-state index in [0.29, 0.717) is 29.8 Å². The number of anilines is 1. The van der Waals surface area contributed by atoms with E-state index in [1.807, 2.05) is 60.2 Å². The fourth-order valence-electron chi connectivity index (χ4n) is 5.25. The summed E-state index contributed by atoms with van der Waals surface area (Å²) in [7, 11) is 1.93. The number of ether oxygens (including phenoxy) is 1. The molecule has 0 fully saturated rings. The van der Waals surface area contributed by atoms with E-state index in [2.05, 4.69) is 21.3 Å². The second-order valence-corrected chi connectivity index (χ2v) is 10.9. The van der Waals surface area contributed by atoms with Gasteiger partial charge < -0.3 is 25.3 Å². The van der Waals surface area contributed by atoms with Crippen LogP contribution in [0.25, 0.3) is 11.0 Å². The number of rotatable bonds is 12. The zero-order chi connectivity index (χ0) is 32.0. The van der Waals surface area contributed by atoms with Gasteiger partial charge >= 0.3 is 5.97 Å². The number of hydrogen-bond donors (Lipinski definition) is 5. The highest BCUT2D eigenvalue weighted by Gasteiger charge is 2.39. The third-order valence-corrected chi connectivity index (χ3v) is 7.90. The highest BCUT2D eigenvalue weighted by Crippen LogP contribution is 2.28. The maximum absolute atomic E-state index is 13.7. The van der Waals surface area contributed by atoms with Gasteiger partial charge in [-0.1, -0.05) is 36.4 Å². The number of amidine groups is 1. The maximum Gasteiger partial charge on any atom is 0.319 e. The first kappa shape index (κ1) is 31.3. The van der Waals surface area contributed by atoms with Crippen molar-refractivity contribution in [2.75, 3.05) is 25.0 Å². The van der Waals surface area contributed by atoms with E-state index < -0.39 is 17.6 Å². The summed E-state index contributed by atoms with van der Waals surface area (Å²) in [6.45, 7) is 4.71. The predicted molar refractivity (Wildman–Crippen MR) is 173 cm³/mol. The van der Waals surface area contributed by atoms with Gasteiger partial charge in [0.2, 0.25) is 0 Å². The fraction of sp³-hybridized carbons (Fsp3) is 0.265. The number of imidazole rings is 1. The summed E-state index contributed by atoms with van der Waals surface area (Å²) in [5, 5.41) is 20.6. The van der Waals surface area contributed by atoms with Crippen LogP contribution >= 0.6 is 0 Å². The number of nitrogens with zero attached hydrogens (tertiary/aromatic N) is 2. The average molecular weight is 608 g/mol. The molecule has 0 saturated carbocycles. The Hall–Kier alpha value is -5.13. The number of carbonyl (C=O) groups is 3. The topological polar surface area (TPSA) is 150 Å². The minimum absolute atomic E-state index is 0.0171. The fourth-order valence-corrected chi connectivity index (χ4v) is 5.25. The smallest absolute Gasteiger partial charge is 0.319 e. The molecule has 11 nitrogen and oxygen atoms in total. The van der Waals surface area contributed by atoms with Crippen LogP contribution in [0.2, 0.25) is 0 Å². The van der Waals surface area contributed by atoms with Crippen LogP contribution < -0.4 is 21.3 Å². The molecule has 45 heavy (non-hydrogen) atoms. The van der Waals surface area contributed by atoms with Crippen LogP contribution in [0.5, 0.6) is 0 Å². The van der Waals surface area contributed by atoms with E-state index in [0.717, 1.165) is 22.5 Å². The third-order valence-electron chi connectivity index (χ3n) is 7.90. The van der Waals surface area contributed by atoms with Crippen LogP contribution in [0.1, 0.15) is 41.2 Å². The van der Waals surface area contributed by atoms with Crippen molar-refractivity contribution in [3.8, 4) is 0 Å². The number of ketones is 1. The van der Waals surface area contributed by atoms with E-state index in [1.165, 1.54) is 0 Å². The monoisotopic (exact) mass is 607 g/mol. The highest BCUT2D eigenvalue weighted by atomic mass is 16.5. The van der Waals surface area contributed by atoms with Gasteiger partial charge in [-0.05, 0) is 67.9 Å². The number of aryl methyl sites for hydroxylation is 1. The van der Waals surface area contributed by atoms with E-state index in [4.69, 9.17) is 15.1 Å². The molecule has 0 spiro atoms. The molecule has 1 unspecified atom stereocenters. The Balaban J connectivity index is 1.29. The molecule has 4 aromatic rings. The molecule has 3 aromatic carbocycles. The average Bonchev–Trinajstić information content (AvgIpc) is 3.71. The van der Waals surface area contributed by atoms with Crippen LogP contribution in [-0.2, 0) is 33.5 Å². The van der Waals surface area contributed by atoms with E-state index >= 15 is 0 Å². The largest absolute Gasteiger partial charge is 0.465 e. The summed E-state index contributed by atoms with van der Waals surface area (Å²) in [5.41, 5.74) is 3.04. The van der Waals surface area contributed by atoms with E-state index in [-0.39, 0.29) is 30.7 Å². The standard InChI is InChI=1S/C34H37N7O4/c1-4-45-30(42)21-38-34(2,31(43)26-11-8-18-36-26)24-14-17-28-27(19-24)39-29(41(28)3)20-37-25-15-12-22(13-16-25)32(35)40-33(44)23-9-6-5-7-10-23/h5-17,19,26,36-38H,4,18,20-21H2,1-3H3,(H2,35,40,44)/t26?,34-/m1/s1. The van der Waals surface area contributed by atoms with Crippen molar-refractivity contribution in [1.82, 2.24) is 25.5 Å². The quantitative estimate of drug-likeness (QED) is 0.0712. The molecule has 1 aliphatic rings. The lowest BCUT2D eigenvalue weighted by atomic mass is 9.84. The van der Waals surface area contributed by atoms with Gasteiger partial charge in [0.15, 0.2) is 5.78 Å². The van der Waals surface area contributed by atoms with Crippen molar-refractivity contribution in [3.63, 3.8) is 0 Å². The summed E-state index contributed by atoms with van der Waals surface area (Å²) in [6, 6.07) is 21.2. The minimum atomic E-state index is -1.17. The van der Waals surface area contributed by atoms with E-state index in [1.54, 1.807) is 50.2 Å². The van der Waals surface area contributed by atoms with Crippen LogP contribution in [-0.4, -0.2) is 58.8 Å². The Bertz CT molecular complexity index is 1750. The SMILES string of the molecule is CCOC(=O)CN[C@@](C)(C(=O)C1C=CCN1)c1ccc2c(c1)nc(CNc1ccc(C(=N)NC(=O)c3ccccc3)cc1)n2C. The number of fused-ring (bicyclic) bond motifs is 1. The molecule has 1 aliphatic heterocycles. The molecule has 0 radical (unpaired) electrons. The molecule has 232 valence electrons. The summed E-state index contributed by atoms with van der Waals surface area (Å²) in [6.07, 6.45) is 3.75. The summed E-state index contributed by atoms with van der Waals surface area (Å²) < 4.78 is 7.08. The lowest BCUT2D eigenvalue weighted by Gasteiger charge is -2.32. The Morgan fingerprint density at radius 1 is 1.07 bits per heavy atom. The van der Waals surface area contributed by atoms with Crippen molar-refractivity contribution >= 4 is 40.2 Å². The molecule has 1 aromatic heterocycles.